The average Bonchev–Trinajstić information content (AvgIpc) is 3.11. The summed E-state index contributed by atoms with van der Waals surface area (Å²) in [6, 6.07) is 6.84. The van der Waals surface area contributed by atoms with Crippen LogP contribution in [-0.2, 0) is 0 Å². The van der Waals surface area contributed by atoms with Crippen molar-refractivity contribution in [3.63, 3.8) is 0 Å². The minimum absolute atomic E-state index is 0.668. The second-order valence-corrected chi connectivity index (χ2v) is 4.62. The van der Waals surface area contributed by atoms with E-state index in [1.54, 1.807) is 7.11 Å². The van der Waals surface area contributed by atoms with Gasteiger partial charge in [0, 0.05) is 18.0 Å². The van der Waals surface area contributed by atoms with Gasteiger partial charge < -0.3 is 9.64 Å². The van der Waals surface area contributed by atoms with Crippen molar-refractivity contribution in [2.45, 2.75) is 23.8 Å². The summed E-state index contributed by atoms with van der Waals surface area (Å²) in [5.41, 5.74) is 1.26. The van der Waals surface area contributed by atoms with Crippen molar-refractivity contribution >= 4 is 24.0 Å². The topological polar surface area (TPSA) is 24.8 Å². The molecule has 0 N–H and O–H groups in total. The zero-order valence-corrected chi connectivity index (χ0v) is 9.33. The van der Waals surface area contributed by atoms with Crippen molar-refractivity contribution < 1.29 is 4.74 Å². The maximum absolute atomic E-state index is 5.21. The van der Waals surface area contributed by atoms with Crippen LogP contribution in [0.4, 0.5) is 5.69 Å². The predicted molar refractivity (Wildman–Crippen MR) is 62.8 cm³/mol. The van der Waals surface area contributed by atoms with E-state index < -0.39 is 0 Å². The van der Waals surface area contributed by atoms with Crippen molar-refractivity contribution in [1.29, 1.82) is 0 Å². The third kappa shape index (κ3) is 1.59. The number of fused-ring (bicyclic) bond motifs is 1. The maximum atomic E-state index is 5.21. The largest absolute Gasteiger partial charge is 0.497 e. The Morgan fingerprint density at radius 1 is 1.47 bits per heavy atom. The van der Waals surface area contributed by atoms with Crippen LogP contribution in [0.3, 0.4) is 0 Å². The molecule has 1 aliphatic carbocycles. The number of nitrogens with zero attached hydrogens (tertiary/aromatic N) is 2. The highest BCUT2D eigenvalue weighted by molar-refractivity contribution is 7.98. The molecule has 78 valence electrons. The van der Waals surface area contributed by atoms with Gasteiger partial charge in [0.05, 0.1) is 17.7 Å². The third-order valence-electron chi connectivity index (χ3n) is 2.71. The highest BCUT2D eigenvalue weighted by Gasteiger charge is 2.31. The molecule has 1 aromatic carbocycles. The van der Waals surface area contributed by atoms with Gasteiger partial charge in [-0.15, -0.1) is 0 Å². The first-order valence-corrected chi connectivity index (χ1v) is 5.83. The van der Waals surface area contributed by atoms with Gasteiger partial charge >= 0.3 is 0 Å². The molecule has 1 saturated carbocycles. The lowest BCUT2D eigenvalue weighted by Crippen LogP contribution is -2.25. The summed E-state index contributed by atoms with van der Waals surface area (Å²) in [7, 11) is 1.69. The van der Waals surface area contributed by atoms with Crippen molar-refractivity contribution in [3.05, 3.63) is 18.2 Å². The molecule has 1 fully saturated rings. The first kappa shape index (κ1) is 9.09. The Kier molecular flexibility index (Phi) is 2.09. The number of rotatable bonds is 2. The summed E-state index contributed by atoms with van der Waals surface area (Å²) < 4.78 is 9.51. The Hall–Kier alpha value is -1.16. The van der Waals surface area contributed by atoms with E-state index in [1.165, 1.54) is 35.4 Å². The van der Waals surface area contributed by atoms with Crippen LogP contribution in [0.2, 0.25) is 0 Å². The fourth-order valence-electron chi connectivity index (χ4n) is 1.74. The van der Waals surface area contributed by atoms with Gasteiger partial charge in [-0.2, -0.15) is 0 Å². The Bertz CT molecular complexity index is 415. The summed E-state index contributed by atoms with van der Waals surface area (Å²) in [4.78, 5) is 3.45. The highest BCUT2D eigenvalue weighted by atomic mass is 32.2. The van der Waals surface area contributed by atoms with Gasteiger partial charge in [0.1, 0.15) is 12.1 Å². The summed E-state index contributed by atoms with van der Waals surface area (Å²) in [5.74, 6) is 0.897. The van der Waals surface area contributed by atoms with Gasteiger partial charge in [-0.3, -0.25) is 0 Å². The van der Waals surface area contributed by atoms with Gasteiger partial charge in [-0.25, -0.2) is 4.40 Å². The number of ether oxygens (including phenoxy) is 1. The molecule has 0 aromatic heterocycles. The summed E-state index contributed by atoms with van der Waals surface area (Å²) >= 11 is 1.51. The van der Waals surface area contributed by atoms with E-state index >= 15 is 0 Å². The molecule has 2 aliphatic rings. The zero-order valence-electron chi connectivity index (χ0n) is 8.51. The number of hydrogen-bond donors (Lipinski definition) is 0. The van der Waals surface area contributed by atoms with E-state index in [4.69, 9.17) is 4.74 Å². The van der Waals surface area contributed by atoms with E-state index in [9.17, 15) is 0 Å². The van der Waals surface area contributed by atoms with Crippen LogP contribution in [0.15, 0.2) is 27.5 Å². The Balaban J connectivity index is 1.99. The van der Waals surface area contributed by atoms with Crippen molar-refractivity contribution in [2.24, 2.45) is 4.40 Å². The van der Waals surface area contributed by atoms with Crippen LogP contribution in [0.25, 0.3) is 0 Å². The molecule has 0 spiro atoms. The molecule has 1 heterocycles. The monoisotopic (exact) mass is 220 g/mol. The molecular weight excluding hydrogens is 208 g/mol. The van der Waals surface area contributed by atoms with E-state index in [1.807, 2.05) is 18.5 Å². The smallest absolute Gasteiger partial charge is 0.120 e. The lowest BCUT2D eigenvalue weighted by Gasteiger charge is -2.24. The molecule has 0 saturated heterocycles. The Morgan fingerprint density at radius 2 is 2.33 bits per heavy atom. The predicted octanol–water partition coefficient (Wildman–Crippen LogP) is 2.71. The fourth-order valence-corrected chi connectivity index (χ4v) is 2.44. The van der Waals surface area contributed by atoms with Crippen LogP contribution in [0.1, 0.15) is 12.8 Å². The number of anilines is 1. The van der Waals surface area contributed by atoms with Crippen LogP contribution >= 0.6 is 11.9 Å². The van der Waals surface area contributed by atoms with E-state index in [0.717, 1.165) is 5.75 Å². The molecule has 0 unspecified atom stereocenters. The average molecular weight is 220 g/mol. The molecule has 15 heavy (non-hydrogen) atoms. The van der Waals surface area contributed by atoms with Crippen molar-refractivity contribution in [2.75, 3.05) is 12.0 Å². The van der Waals surface area contributed by atoms with Crippen LogP contribution in [0, 0.1) is 0 Å². The van der Waals surface area contributed by atoms with E-state index in [0.29, 0.717) is 6.04 Å². The molecule has 3 nitrogen and oxygen atoms in total. The third-order valence-corrected chi connectivity index (χ3v) is 3.43. The summed E-state index contributed by atoms with van der Waals surface area (Å²) in [6.07, 6.45) is 4.50. The van der Waals surface area contributed by atoms with Crippen LogP contribution in [0.5, 0.6) is 5.75 Å². The van der Waals surface area contributed by atoms with E-state index in [2.05, 4.69) is 15.4 Å². The van der Waals surface area contributed by atoms with Crippen molar-refractivity contribution in [3.8, 4) is 5.75 Å². The highest BCUT2D eigenvalue weighted by Crippen LogP contribution is 2.41. The lowest BCUT2D eigenvalue weighted by atomic mass is 10.2. The van der Waals surface area contributed by atoms with Gasteiger partial charge in [-0.05, 0) is 31.0 Å². The second-order valence-electron chi connectivity index (χ2n) is 3.78. The number of methoxy groups -OCH3 is 1. The van der Waals surface area contributed by atoms with Crippen LogP contribution < -0.4 is 9.64 Å². The van der Waals surface area contributed by atoms with Crippen molar-refractivity contribution in [1.82, 2.24) is 0 Å². The minimum Gasteiger partial charge on any atom is -0.497 e. The molecular formula is C11H12N2OS. The standard InChI is InChI=1S/C11H12N2OS/c1-14-9-4-5-10-11(6-9)15-12-7-13(10)8-2-3-8/h4-8H,2-3H2,1H3. The maximum Gasteiger partial charge on any atom is 0.120 e. The molecule has 0 atom stereocenters. The van der Waals surface area contributed by atoms with Gasteiger partial charge in [0.15, 0.2) is 0 Å². The van der Waals surface area contributed by atoms with Crippen LogP contribution in [-0.4, -0.2) is 19.5 Å². The Labute approximate surface area is 93.3 Å². The minimum atomic E-state index is 0.668. The normalized spacial score (nSPS) is 18.9. The Morgan fingerprint density at radius 3 is 3.07 bits per heavy atom. The van der Waals surface area contributed by atoms with Gasteiger partial charge in [0.25, 0.3) is 0 Å². The molecule has 0 bridgehead atoms. The molecule has 0 amide bonds. The first-order valence-electron chi connectivity index (χ1n) is 5.05. The van der Waals surface area contributed by atoms with Gasteiger partial charge in [0.2, 0.25) is 0 Å². The van der Waals surface area contributed by atoms with E-state index in [-0.39, 0.29) is 0 Å². The van der Waals surface area contributed by atoms with Gasteiger partial charge in [-0.1, -0.05) is 0 Å². The summed E-state index contributed by atoms with van der Waals surface area (Å²) in [5, 5.41) is 0. The lowest BCUT2D eigenvalue weighted by molar-refractivity contribution is 0.413. The quantitative estimate of drug-likeness (QED) is 0.716. The molecule has 1 aliphatic heterocycles. The molecule has 1 aromatic rings. The fraction of sp³-hybridized carbons (Fsp3) is 0.364. The number of hydrogen-bond acceptors (Lipinski definition) is 4. The number of benzene rings is 1. The molecule has 0 radical (unpaired) electrons. The zero-order chi connectivity index (χ0) is 10.3. The summed E-state index contributed by atoms with van der Waals surface area (Å²) in [6.45, 7) is 0. The SMILES string of the molecule is COc1ccc2c(c1)SN=CN2C1CC1. The molecule has 3 rings (SSSR count). The molecule has 4 heteroatoms. The second kappa shape index (κ2) is 3.45. The first-order chi connectivity index (χ1) is 7.38.